The Morgan fingerprint density at radius 3 is 2.36 bits per heavy atom. The third kappa shape index (κ3) is 4.12. The monoisotopic (exact) mass is 408 g/mol. The Kier molecular flexibility index (Phi) is 5.78. The van der Waals surface area contributed by atoms with Crippen molar-refractivity contribution in [3.63, 3.8) is 0 Å². The van der Waals surface area contributed by atoms with Crippen LogP contribution in [0.25, 0.3) is 0 Å². The number of rotatable bonds is 4. The Balaban J connectivity index is 1.39. The van der Waals surface area contributed by atoms with Gasteiger partial charge in [-0.25, -0.2) is 8.42 Å². The number of benzene rings is 1. The van der Waals surface area contributed by atoms with Crippen LogP contribution in [0, 0.1) is 5.92 Å². The SMILES string of the molecule is O=C(NC1CCCC1)C1CCN(S(=O)(=O)c2ccc3c(c2)OCCCO3)CC1. The van der Waals surface area contributed by atoms with E-state index in [1.165, 1.54) is 17.1 Å². The highest BCUT2D eigenvalue weighted by atomic mass is 32.2. The first-order valence-electron chi connectivity index (χ1n) is 10.2. The number of nitrogens with zero attached hydrogens (tertiary/aromatic N) is 1. The fourth-order valence-corrected chi connectivity index (χ4v) is 5.69. The van der Waals surface area contributed by atoms with Gasteiger partial charge in [0.2, 0.25) is 15.9 Å². The molecule has 28 heavy (non-hydrogen) atoms. The van der Waals surface area contributed by atoms with Crippen LogP contribution in [0.2, 0.25) is 0 Å². The van der Waals surface area contributed by atoms with E-state index < -0.39 is 10.0 Å². The summed E-state index contributed by atoms with van der Waals surface area (Å²) in [4.78, 5) is 12.7. The van der Waals surface area contributed by atoms with E-state index in [2.05, 4.69) is 5.32 Å². The van der Waals surface area contributed by atoms with E-state index in [-0.39, 0.29) is 16.7 Å². The maximum Gasteiger partial charge on any atom is 0.243 e. The fraction of sp³-hybridized carbons (Fsp3) is 0.650. The van der Waals surface area contributed by atoms with Crippen LogP contribution in [0.4, 0.5) is 0 Å². The maximum atomic E-state index is 13.0. The number of hydrogen-bond acceptors (Lipinski definition) is 5. The first-order valence-corrected chi connectivity index (χ1v) is 11.7. The number of fused-ring (bicyclic) bond motifs is 1. The third-order valence-corrected chi connectivity index (χ3v) is 7.78. The lowest BCUT2D eigenvalue weighted by Gasteiger charge is -2.31. The number of carbonyl (C=O) groups excluding carboxylic acids is 1. The van der Waals surface area contributed by atoms with Gasteiger partial charge in [0.1, 0.15) is 0 Å². The number of sulfonamides is 1. The number of hydrogen-bond donors (Lipinski definition) is 1. The first kappa shape index (κ1) is 19.5. The molecular weight excluding hydrogens is 380 g/mol. The lowest BCUT2D eigenvalue weighted by Crippen LogP contribution is -2.44. The topological polar surface area (TPSA) is 84.9 Å². The summed E-state index contributed by atoms with van der Waals surface area (Å²) in [6.07, 6.45) is 6.36. The van der Waals surface area contributed by atoms with Crippen molar-refractivity contribution in [2.24, 2.45) is 5.92 Å². The average molecular weight is 409 g/mol. The summed E-state index contributed by atoms with van der Waals surface area (Å²) in [6, 6.07) is 5.09. The molecule has 154 valence electrons. The fourth-order valence-electron chi connectivity index (χ4n) is 4.20. The van der Waals surface area contributed by atoms with Crippen molar-refractivity contribution < 1.29 is 22.7 Å². The van der Waals surface area contributed by atoms with Crippen LogP contribution in [-0.4, -0.2) is 51.0 Å². The van der Waals surface area contributed by atoms with Gasteiger partial charge in [-0.2, -0.15) is 4.31 Å². The van der Waals surface area contributed by atoms with Crippen molar-refractivity contribution in [3.05, 3.63) is 18.2 Å². The number of carbonyl (C=O) groups is 1. The molecule has 2 heterocycles. The van der Waals surface area contributed by atoms with Crippen LogP contribution in [0.15, 0.2) is 23.1 Å². The zero-order valence-corrected chi connectivity index (χ0v) is 16.9. The van der Waals surface area contributed by atoms with Crippen LogP contribution < -0.4 is 14.8 Å². The quantitative estimate of drug-likeness (QED) is 0.826. The second-order valence-corrected chi connectivity index (χ2v) is 9.77. The van der Waals surface area contributed by atoms with Crippen LogP contribution >= 0.6 is 0 Å². The molecular formula is C20H28N2O5S. The molecule has 1 aromatic rings. The molecule has 8 heteroatoms. The van der Waals surface area contributed by atoms with Crippen LogP contribution in [0.3, 0.4) is 0 Å². The summed E-state index contributed by atoms with van der Waals surface area (Å²) in [7, 11) is -3.61. The Morgan fingerprint density at radius 2 is 1.64 bits per heavy atom. The van der Waals surface area contributed by atoms with Crippen molar-refractivity contribution in [2.75, 3.05) is 26.3 Å². The zero-order chi connectivity index (χ0) is 19.6. The van der Waals surface area contributed by atoms with Crippen molar-refractivity contribution in [3.8, 4) is 11.5 Å². The Labute approximate surface area is 166 Å². The molecule has 0 atom stereocenters. The molecule has 0 unspecified atom stereocenters. The molecule has 2 fully saturated rings. The predicted molar refractivity (Wildman–Crippen MR) is 104 cm³/mol. The van der Waals surface area contributed by atoms with Gasteiger partial charge in [0.25, 0.3) is 0 Å². The molecule has 0 bridgehead atoms. The van der Waals surface area contributed by atoms with E-state index in [0.29, 0.717) is 56.7 Å². The molecule has 0 spiro atoms. The number of ether oxygens (including phenoxy) is 2. The molecule has 0 aromatic heterocycles. The third-order valence-electron chi connectivity index (χ3n) is 5.88. The highest BCUT2D eigenvalue weighted by Crippen LogP contribution is 2.34. The largest absolute Gasteiger partial charge is 0.490 e. The molecule has 7 nitrogen and oxygen atoms in total. The highest BCUT2D eigenvalue weighted by molar-refractivity contribution is 7.89. The summed E-state index contributed by atoms with van der Waals surface area (Å²) in [5, 5.41) is 3.14. The van der Waals surface area contributed by atoms with Gasteiger partial charge in [0.05, 0.1) is 18.1 Å². The van der Waals surface area contributed by atoms with Gasteiger partial charge in [0.15, 0.2) is 11.5 Å². The predicted octanol–water partition coefficient (Wildman–Crippen LogP) is 2.31. The molecule has 4 rings (SSSR count). The minimum atomic E-state index is -3.61. The second kappa shape index (κ2) is 8.29. The summed E-state index contributed by atoms with van der Waals surface area (Å²) < 4.78 is 38.8. The molecule has 1 saturated heterocycles. The van der Waals surface area contributed by atoms with E-state index in [9.17, 15) is 13.2 Å². The van der Waals surface area contributed by atoms with Crippen molar-refractivity contribution in [2.45, 2.75) is 55.9 Å². The first-order chi connectivity index (χ1) is 13.5. The van der Waals surface area contributed by atoms with Gasteiger partial charge in [-0.05, 0) is 37.8 Å². The van der Waals surface area contributed by atoms with Gasteiger partial charge < -0.3 is 14.8 Å². The van der Waals surface area contributed by atoms with E-state index in [1.807, 2.05) is 0 Å². The van der Waals surface area contributed by atoms with Gasteiger partial charge >= 0.3 is 0 Å². The Morgan fingerprint density at radius 1 is 0.964 bits per heavy atom. The van der Waals surface area contributed by atoms with Gasteiger partial charge in [-0.1, -0.05) is 12.8 Å². The summed E-state index contributed by atoms with van der Waals surface area (Å²) in [5.41, 5.74) is 0. The molecule has 0 radical (unpaired) electrons. The number of piperidine rings is 1. The van der Waals surface area contributed by atoms with Gasteiger partial charge in [0, 0.05) is 37.5 Å². The van der Waals surface area contributed by atoms with Gasteiger partial charge in [-0.3, -0.25) is 4.79 Å². The second-order valence-electron chi connectivity index (χ2n) is 7.83. The maximum absolute atomic E-state index is 13.0. The summed E-state index contributed by atoms with van der Waals surface area (Å²) in [5.74, 6) is 1.04. The molecule has 1 amide bonds. The Hall–Kier alpha value is -1.80. The molecule has 3 aliphatic rings. The van der Waals surface area contributed by atoms with Crippen LogP contribution in [0.5, 0.6) is 11.5 Å². The average Bonchev–Trinajstić information content (AvgIpc) is 3.10. The smallest absolute Gasteiger partial charge is 0.243 e. The van der Waals surface area contributed by atoms with E-state index in [1.54, 1.807) is 18.2 Å². The summed E-state index contributed by atoms with van der Waals surface area (Å²) in [6.45, 7) is 1.80. The molecule has 1 N–H and O–H groups in total. The standard InChI is InChI=1S/C20H28N2O5S/c23-20(21-16-4-1-2-5-16)15-8-10-22(11-9-15)28(24,25)17-6-7-18-19(14-17)27-13-3-12-26-18/h6-7,14-16H,1-5,8-13H2,(H,21,23). The zero-order valence-electron chi connectivity index (χ0n) is 16.1. The normalized spacial score (nSPS) is 22.0. The molecule has 2 aliphatic heterocycles. The van der Waals surface area contributed by atoms with E-state index in [0.717, 1.165) is 19.3 Å². The molecule has 1 saturated carbocycles. The van der Waals surface area contributed by atoms with Crippen LogP contribution in [0.1, 0.15) is 44.9 Å². The summed E-state index contributed by atoms with van der Waals surface area (Å²) >= 11 is 0. The Bertz CT molecular complexity index is 812. The minimum absolute atomic E-state index is 0.0829. The number of nitrogens with one attached hydrogen (secondary N) is 1. The highest BCUT2D eigenvalue weighted by Gasteiger charge is 2.33. The molecule has 1 aromatic carbocycles. The van der Waals surface area contributed by atoms with E-state index in [4.69, 9.17) is 9.47 Å². The van der Waals surface area contributed by atoms with Gasteiger partial charge in [-0.15, -0.1) is 0 Å². The lowest BCUT2D eigenvalue weighted by atomic mass is 9.97. The minimum Gasteiger partial charge on any atom is -0.490 e. The van der Waals surface area contributed by atoms with Crippen molar-refractivity contribution >= 4 is 15.9 Å². The van der Waals surface area contributed by atoms with E-state index >= 15 is 0 Å². The molecule has 1 aliphatic carbocycles. The van der Waals surface area contributed by atoms with Crippen molar-refractivity contribution in [1.82, 2.24) is 9.62 Å². The number of amides is 1. The lowest BCUT2D eigenvalue weighted by molar-refractivity contribution is -0.126. The van der Waals surface area contributed by atoms with Crippen LogP contribution in [-0.2, 0) is 14.8 Å². The van der Waals surface area contributed by atoms with Crippen molar-refractivity contribution in [1.29, 1.82) is 0 Å².